The fourth-order valence-electron chi connectivity index (χ4n) is 3.09. The fourth-order valence-corrected chi connectivity index (χ4v) is 3.09. The summed E-state index contributed by atoms with van der Waals surface area (Å²) in [7, 11) is 0. The molecule has 0 spiro atoms. The summed E-state index contributed by atoms with van der Waals surface area (Å²) in [4.78, 5) is 14.2. The Morgan fingerprint density at radius 2 is 1.86 bits per heavy atom. The maximum absolute atomic E-state index is 12.2. The number of aliphatic hydroxyl groups is 1. The van der Waals surface area contributed by atoms with Gasteiger partial charge in [-0.3, -0.25) is 4.79 Å². The largest absolute Gasteiger partial charge is 0.396 e. The van der Waals surface area contributed by atoms with Crippen molar-refractivity contribution in [3.05, 3.63) is 0 Å². The van der Waals surface area contributed by atoms with E-state index in [4.69, 9.17) is 10.8 Å². The molecule has 1 rings (SSSR count). The molecule has 0 aromatic rings. The lowest BCUT2D eigenvalue weighted by molar-refractivity contribution is -0.134. The molecule has 124 valence electrons. The third-order valence-corrected chi connectivity index (χ3v) is 4.56. The molecule has 1 amide bonds. The van der Waals surface area contributed by atoms with Crippen molar-refractivity contribution in [1.29, 1.82) is 0 Å². The highest BCUT2D eigenvalue weighted by molar-refractivity contribution is 5.81. The summed E-state index contributed by atoms with van der Waals surface area (Å²) >= 11 is 0. The van der Waals surface area contributed by atoms with E-state index in [0.29, 0.717) is 6.42 Å². The lowest BCUT2D eigenvalue weighted by atomic mass is 9.90. The molecule has 1 aliphatic heterocycles. The normalized spacial score (nSPS) is 18.2. The van der Waals surface area contributed by atoms with E-state index in [-0.39, 0.29) is 18.6 Å². The molecular formula is C17H34N2O2. The average Bonchev–Trinajstić information content (AvgIpc) is 2.47. The van der Waals surface area contributed by atoms with Gasteiger partial charge in [-0.25, -0.2) is 0 Å². The van der Waals surface area contributed by atoms with Crippen molar-refractivity contribution < 1.29 is 9.90 Å². The number of rotatable bonds is 9. The Bertz CT molecular complexity index is 287. The molecule has 0 saturated carbocycles. The number of aliphatic hydroxyl groups excluding tert-OH is 1. The SMILES string of the molecule is CC(C)CCCC1CCN(C(=O)C(N)CCCCO)CC1. The van der Waals surface area contributed by atoms with Crippen molar-refractivity contribution in [3.8, 4) is 0 Å². The van der Waals surface area contributed by atoms with Crippen LogP contribution in [0.15, 0.2) is 0 Å². The van der Waals surface area contributed by atoms with Crippen LogP contribution >= 0.6 is 0 Å². The van der Waals surface area contributed by atoms with Gasteiger partial charge in [-0.1, -0.05) is 33.1 Å². The van der Waals surface area contributed by atoms with Crippen LogP contribution in [-0.4, -0.2) is 41.7 Å². The summed E-state index contributed by atoms with van der Waals surface area (Å²) in [6.07, 6.45) is 8.46. The lowest BCUT2D eigenvalue weighted by Gasteiger charge is -2.33. The zero-order valence-electron chi connectivity index (χ0n) is 13.9. The molecule has 1 unspecified atom stereocenters. The van der Waals surface area contributed by atoms with Crippen LogP contribution in [0, 0.1) is 11.8 Å². The number of carbonyl (C=O) groups excluding carboxylic acids is 1. The zero-order chi connectivity index (χ0) is 15.7. The number of carbonyl (C=O) groups is 1. The predicted molar refractivity (Wildman–Crippen MR) is 86.9 cm³/mol. The molecule has 1 heterocycles. The third kappa shape index (κ3) is 7.28. The second kappa shape index (κ2) is 10.2. The molecule has 3 N–H and O–H groups in total. The Balaban J connectivity index is 2.20. The van der Waals surface area contributed by atoms with E-state index in [0.717, 1.165) is 50.6 Å². The maximum atomic E-state index is 12.2. The molecule has 1 atom stereocenters. The van der Waals surface area contributed by atoms with Crippen LogP contribution in [0.2, 0.25) is 0 Å². The topological polar surface area (TPSA) is 66.6 Å². The van der Waals surface area contributed by atoms with E-state index in [1.165, 1.54) is 19.3 Å². The first-order chi connectivity index (χ1) is 10.0. The van der Waals surface area contributed by atoms with Crippen LogP contribution in [0.3, 0.4) is 0 Å². The van der Waals surface area contributed by atoms with Crippen molar-refractivity contribution >= 4 is 5.91 Å². The monoisotopic (exact) mass is 298 g/mol. The quantitative estimate of drug-likeness (QED) is 0.643. The van der Waals surface area contributed by atoms with E-state index in [9.17, 15) is 4.79 Å². The number of piperidine rings is 1. The Hall–Kier alpha value is -0.610. The number of hydrogen-bond acceptors (Lipinski definition) is 3. The molecule has 21 heavy (non-hydrogen) atoms. The number of unbranched alkanes of at least 4 members (excludes halogenated alkanes) is 1. The Kier molecular flexibility index (Phi) is 8.93. The van der Waals surface area contributed by atoms with Crippen LogP contribution in [0.4, 0.5) is 0 Å². The van der Waals surface area contributed by atoms with Gasteiger partial charge in [-0.15, -0.1) is 0 Å². The lowest BCUT2D eigenvalue weighted by Crippen LogP contribution is -2.47. The number of nitrogens with zero attached hydrogens (tertiary/aromatic N) is 1. The minimum Gasteiger partial charge on any atom is -0.396 e. The highest BCUT2D eigenvalue weighted by atomic mass is 16.2. The molecule has 0 radical (unpaired) electrons. The van der Waals surface area contributed by atoms with E-state index in [1.54, 1.807) is 0 Å². The first kappa shape index (κ1) is 18.4. The summed E-state index contributed by atoms with van der Waals surface area (Å²) in [5, 5.41) is 8.76. The third-order valence-electron chi connectivity index (χ3n) is 4.56. The zero-order valence-corrected chi connectivity index (χ0v) is 13.9. The number of likely N-dealkylation sites (tertiary alicyclic amines) is 1. The molecule has 1 aliphatic rings. The minimum absolute atomic E-state index is 0.105. The second-order valence-corrected chi connectivity index (χ2v) is 6.92. The number of hydrogen-bond donors (Lipinski definition) is 2. The molecule has 1 fully saturated rings. The molecule has 4 heteroatoms. The van der Waals surface area contributed by atoms with Gasteiger partial charge in [-0.05, 0) is 43.9 Å². The van der Waals surface area contributed by atoms with E-state index >= 15 is 0 Å². The molecule has 0 aliphatic carbocycles. The molecule has 0 aromatic carbocycles. The molecular weight excluding hydrogens is 264 g/mol. The first-order valence-corrected chi connectivity index (χ1v) is 8.69. The van der Waals surface area contributed by atoms with Crippen molar-refractivity contribution in [1.82, 2.24) is 4.90 Å². The number of amides is 1. The van der Waals surface area contributed by atoms with Gasteiger partial charge in [-0.2, -0.15) is 0 Å². The Morgan fingerprint density at radius 3 is 2.43 bits per heavy atom. The fraction of sp³-hybridized carbons (Fsp3) is 0.941. The summed E-state index contributed by atoms with van der Waals surface area (Å²) in [6.45, 7) is 6.49. The highest BCUT2D eigenvalue weighted by Gasteiger charge is 2.25. The van der Waals surface area contributed by atoms with Crippen molar-refractivity contribution in [2.75, 3.05) is 19.7 Å². The van der Waals surface area contributed by atoms with Gasteiger partial charge in [0.25, 0.3) is 0 Å². The molecule has 1 saturated heterocycles. The van der Waals surface area contributed by atoms with Gasteiger partial charge < -0.3 is 15.7 Å². The summed E-state index contributed by atoms with van der Waals surface area (Å²) in [5.74, 6) is 1.69. The van der Waals surface area contributed by atoms with Crippen LogP contribution in [0.25, 0.3) is 0 Å². The first-order valence-electron chi connectivity index (χ1n) is 8.69. The van der Waals surface area contributed by atoms with E-state index in [2.05, 4.69) is 13.8 Å². The van der Waals surface area contributed by atoms with E-state index < -0.39 is 0 Å². The standard InChI is InChI=1S/C17H34N2O2/c1-14(2)6-5-7-15-9-11-19(12-10-15)17(21)16(18)8-3-4-13-20/h14-16,20H,3-13,18H2,1-2H3. The van der Waals surface area contributed by atoms with Crippen molar-refractivity contribution in [2.24, 2.45) is 17.6 Å². The highest BCUT2D eigenvalue weighted by Crippen LogP contribution is 2.24. The van der Waals surface area contributed by atoms with Crippen molar-refractivity contribution in [2.45, 2.75) is 71.3 Å². The van der Waals surface area contributed by atoms with Gasteiger partial charge in [0.15, 0.2) is 0 Å². The maximum Gasteiger partial charge on any atom is 0.239 e. The summed E-state index contributed by atoms with van der Waals surface area (Å²) in [5.41, 5.74) is 5.96. The second-order valence-electron chi connectivity index (χ2n) is 6.92. The predicted octanol–water partition coefficient (Wildman–Crippen LogP) is 2.54. The number of nitrogens with two attached hydrogens (primary N) is 1. The average molecular weight is 298 g/mol. The van der Waals surface area contributed by atoms with Crippen LogP contribution in [0.5, 0.6) is 0 Å². The van der Waals surface area contributed by atoms with Crippen LogP contribution in [-0.2, 0) is 4.79 Å². The van der Waals surface area contributed by atoms with Gasteiger partial charge in [0.2, 0.25) is 5.91 Å². The van der Waals surface area contributed by atoms with Crippen molar-refractivity contribution in [3.63, 3.8) is 0 Å². The van der Waals surface area contributed by atoms with Crippen LogP contribution < -0.4 is 5.73 Å². The van der Waals surface area contributed by atoms with Crippen LogP contribution in [0.1, 0.15) is 65.2 Å². The van der Waals surface area contributed by atoms with Gasteiger partial charge in [0, 0.05) is 19.7 Å². The Morgan fingerprint density at radius 1 is 1.19 bits per heavy atom. The Labute approximate surface area is 130 Å². The van der Waals surface area contributed by atoms with Gasteiger partial charge >= 0.3 is 0 Å². The minimum atomic E-state index is -0.381. The summed E-state index contributed by atoms with van der Waals surface area (Å²) < 4.78 is 0. The molecule has 4 nitrogen and oxygen atoms in total. The van der Waals surface area contributed by atoms with E-state index in [1.807, 2.05) is 4.90 Å². The molecule has 0 aromatic heterocycles. The van der Waals surface area contributed by atoms with Gasteiger partial charge in [0.1, 0.15) is 0 Å². The molecule has 0 bridgehead atoms. The van der Waals surface area contributed by atoms with Gasteiger partial charge in [0.05, 0.1) is 6.04 Å². The summed E-state index contributed by atoms with van der Waals surface area (Å²) in [6, 6.07) is -0.381. The smallest absolute Gasteiger partial charge is 0.239 e.